The van der Waals surface area contributed by atoms with Gasteiger partial charge in [0.1, 0.15) is 12.6 Å². The number of halogens is 3. The Morgan fingerprint density at radius 2 is 1.51 bits per heavy atom. The Morgan fingerprint density at radius 3 is 2.05 bits per heavy atom. The maximum atomic E-state index is 14.1. The summed E-state index contributed by atoms with van der Waals surface area (Å²) in [6.45, 7) is 8.68. The van der Waals surface area contributed by atoms with Gasteiger partial charge in [0.05, 0.1) is 20.6 Å². The molecule has 0 spiro atoms. The number of nitrogens with zero attached hydrogens (tertiary/aromatic N) is 2. The summed E-state index contributed by atoms with van der Waals surface area (Å²) >= 11 is 18.4. The van der Waals surface area contributed by atoms with E-state index in [1.807, 2.05) is 27.7 Å². The average molecular weight is 639 g/mol. The highest BCUT2D eigenvalue weighted by Gasteiger charge is 2.34. The predicted octanol–water partition coefficient (Wildman–Crippen LogP) is 6.87. The molecule has 0 aliphatic heterocycles. The van der Waals surface area contributed by atoms with E-state index in [1.165, 1.54) is 35.2 Å². The fourth-order valence-electron chi connectivity index (χ4n) is 4.17. The first-order valence-electron chi connectivity index (χ1n) is 13.0. The molecule has 0 radical (unpaired) electrons. The summed E-state index contributed by atoms with van der Waals surface area (Å²) in [5.41, 5.74) is 1.23. The topological polar surface area (TPSA) is 86.8 Å². The number of anilines is 1. The number of sulfonamides is 1. The van der Waals surface area contributed by atoms with Crippen molar-refractivity contribution in [2.24, 2.45) is 0 Å². The van der Waals surface area contributed by atoms with Crippen LogP contribution in [-0.4, -0.2) is 43.3 Å². The van der Waals surface area contributed by atoms with E-state index in [4.69, 9.17) is 34.8 Å². The first-order valence-corrected chi connectivity index (χ1v) is 15.6. The molecule has 2 amide bonds. The highest BCUT2D eigenvalue weighted by molar-refractivity contribution is 7.92. The van der Waals surface area contributed by atoms with Crippen LogP contribution in [0.4, 0.5) is 5.69 Å². The van der Waals surface area contributed by atoms with Gasteiger partial charge in [0.25, 0.3) is 10.0 Å². The Morgan fingerprint density at radius 1 is 0.902 bits per heavy atom. The summed E-state index contributed by atoms with van der Waals surface area (Å²) in [5, 5.41) is 3.84. The monoisotopic (exact) mass is 637 g/mol. The summed E-state index contributed by atoms with van der Waals surface area (Å²) in [4.78, 5) is 28.9. The molecule has 0 saturated heterocycles. The van der Waals surface area contributed by atoms with Crippen molar-refractivity contribution in [3.63, 3.8) is 0 Å². The SMILES string of the molecule is CCC(C(=O)NC(C)(C)C)N(Cc1ccc(Cl)cc1)C(=O)CN(c1ccc(Cl)c(Cl)c1)S(=O)(=O)c1ccc(C)cc1. The molecule has 3 rings (SSSR count). The molecule has 220 valence electrons. The minimum absolute atomic E-state index is 0.00346. The van der Waals surface area contributed by atoms with Crippen LogP contribution >= 0.6 is 34.8 Å². The van der Waals surface area contributed by atoms with Gasteiger partial charge in [-0.1, -0.05) is 71.6 Å². The normalized spacial score (nSPS) is 12.5. The number of hydrogen-bond acceptors (Lipinski definition) is 4. The van der Waals surface area contributed by atoms with Crippen LogP contribution in [0.25, 0.3) is 0 Å². The van der Waals surface area contributed by atoms with Crippen LogP contribution in [0.1, 0.15) is 45.2 Å². The zero-order chi connectivity index (χ0) is 30.5. The van der Waals surface area contributed by atoms with Crippen LogP contribution in [0.15, 0.2) is 71.6 Å². The lowest BCUT2D eigenvalue weighted by molar-refractivity contribution is -0.141. The molecule has 11 heteroatoms. The summed E-state index contributed by atoms with van der Waals surface area (Å²) in [5.74, 6) is -0.914. The van der Waals surface area contributed by atoms with Gasteiger partial charge in [0, 0.05) is 17.1 Å². The standard InChI is InChI=1S/C30H34Cl3N3O4S/c1-6-27(29(38)34-30(3,4)5)35(18-21-9-11-22(31)12-10-21)28(37)19-36(23-13-16-25(32)26(33)17-23)41(39,40)24-14-7-20(2)8-15-24/h7-17,27H,6,18-19H2,1-5H3,(H,34,38). The van der Waals surface area contributed by atoms with Gasteiger partial charge in [0.15, 0.2) is 0 Å². The molecule has 0 aliphatic rings. The maximum Gasteiger partial charge on any atom is 0.264 e. The molecule has 3 aromatic rings. The maximum absolute atomic E-state index is 14.1. The number of hydrogen-bond donors (Lipinski definition) is 1. The number of carbonyl (C=O) groups is 2. The second kappa shape index (κ2) is 13.5. The highest BCUT2D eigenvalue weighted by Crippen LogP contribution is 2.31. The van der Waals surface area contributed by atoms with Crippen LogP contribution in [0.5, 0.6) is 0 Å². The number of benzene rings is 3. The molecule has 0 fully saturated rings. The zero-order valence-electron chi connectivity index (χ0n) is 23.6. The smallest absolute Gasteiger partial charge is 0.264 e. The zero-order valence-corrected chi connectivity index (χ0v) is 26.7. The van der Waals surface area contributed by atoms with Crippen LogP contribution in [0.3, 0.4) is 0 Å². The Labute approximate surface area is 257 Å². The van der Waals surface area contributed by atoms with E-state index in [0.717, 1.165) is 15.4 Å². The van der Waals surface area contributed by atoms with Crippen molar-refractivity contribution >= 4 is 62.3 Å². The average Bonchev–Trinajstić information content (AvgIpc) is 2.89. The van der Waals surface area contributed by atoms with Gasteiger partial charge in [-0.05, 0) is 82.1 Å². The molecular formula is C30H34Cl3N3O4S. The largest absolute Gasteiger partial charge is 0.350 e. The van der Waals surface area contributed by atoms with Gasteiger partial charge >= 0.3 is 0 Å². The highest BCUT2D eigenvalue weighted by atomic mass is 35.5. The van der Waals surface area contributed by atoms with Crippen molar-refractivity contribution in [3.8, 4) is 0 Å². The van der Waals surface area contributed by atoms with E-state index in [-0.39, 0.29) is 33.1 Å². The molecule has 1 atom stereocenters. The minimum atomic E-state index is -4.22. The van der Waals surface area contributed by atoms with Crippen LogP contribution in [0, 0.1) is 6.92 Å². The van der Waals surface area contributed by atoms with Gasteiger partial charge in [-0.25, -0.2) is 8.42 Å². The quantitative estimate of drug-likeness (QED) is 0.263. The molecule has 0 bridgehead atoms. The van der Waals surface area contributed by atoms with Crippen LogP contribution < -0.4 is 9.62 Å². The van der Waals surface area contributed by atoms with Gasteiger partial charge in [0.2, 0.25) is 11.8 Å². The molecule has 1 unspecified atom stereocenters. The third-order valence-corrected chi connectivity index (χ3v) is 9.01. The van der Waals surface area contributed by atoms with Crippen molar-refractivity contribution in [1.82, 2.24) is 10.2 Å². The van der Waals surface area contributed by atoms with Gasteiger partial charge in [-0.3, -0.25) is 13.9 Å². The fourth-order valence-corrected chi connectivity index (χ4v) is 5.99. The van der Waals surface area contributed by atoms with Gasteiger partial charge < -0.3 is 10.2 Å². The molecule has 7 nitrogen and oxygen atoms in total. The van der Waals surface area contributed by atoms with Crippen molar-refractivity contribution in [3.05, 3.63) is 92.9 Å². The molecule has 0 aliphatic carbocycles. The number of amides is 2. The molecule has 1 N–H and O–H groups in total. The van der Waals surface area contributed by atoms with Crippen molar-refractivity contribution in [2.45, 2.75) is 64.1 Å². The second-order valence-electron chi connectivity index (χ2n) is 10.7. The first-order chi connectivity index (χ1) is 19.1. The number of rotatable bonds is 10. The number of aryl methyl sites for hydroxylation is 1. The van der Waals surface area contributed by atoms with E-state index < -0.39 is 34.1 Å². The fraction of sp³-hybridized carbons (Fsp3) is 0.333. The van der Waals surface area contributed by atoms with Crippen molar-refractivity contribution < 1.29 is 18.0 Å². The lowest BCUT2D eigenvalue weighted by Gasteiger charge is -2.34. The minimum Gasteiger partial charge on any atom is -0.350 e. The first kappa shape index (κ1) is 32.7. The number of nitrogens with one attached hydrogen (secondary N) is 1. The summed E-state index contributed by atoms with van der Waals surface area (Å²) in [6.07, 6.45) is 0.304. The van der Waals surface area contributed by atoms with Crippen molar-refractivity contribution in [2.75, 3.05) is 10.8 Å². The predicted molar refractivity (Wildman–Crippen MR) is 166 cm³/mol. The van der Waals surface area contributed by atoms with Gasteiger partial charge in [-0.2, -0.15) is 0 Å². The lowest BCUT2D eigenvalue weighted by atomic mass is 10.1. The van der Waals surface area contributed by atoms with E-state index in [0.29, 0.717) is 11.4 Å². The van der Waals surface area contributed by atoms with Crippen LogP contribution in [-0.2, 0) is 26.2 Å². The Hall–Kier alpha value is -2.78. The second-order valence-corrected chi connectivity index (χ2v) is 13.8. The molecular weight excluding hydrogens is 605 g/mol. The number of carbonyl (C=O) groups excluding carboxylic acids is 2. The van der Waals surface area contributed by atoms with E-state index in [1.54, 1.807) is 43.3 Å². The summed E-state index contributed by atoms with van der Waals surface area (Å²) < 4.78 is 28.9. The molecule has 0 heterocycles. The molecule has 0 aromatic heterocycles. The van der Waals surface area contributed by atoms with E-state index >= 15 is 0 Å². The Bertz CT molecular complexity index is 1490. The lowest BCUT2D eigenvalue weighted by Crippen LogP contribution is -2.55. The van der Waals surface area contributed by atoms with E-state index in [9.17, 15) is 18.0 Å². The van der Waals surface area contributed by atoms with E-state index in [2.05, 4.69) is 5.32 Å². The van der Waals surface area contributed by atoms with Gasteiger partial charge in [-0.15, -0.1) is 0 Å². The molecule has 41 heavy (non-hydrogen) atoms. The summed E-state index contributed by atoms with van der Waals surface area (Å²) in [7, 11) is -4.22. The van der Waals surface area contributed by atoms with Crippen molar-refractivity contribution in [1.29, 1.82) is 0 Å². The third-order valence-electron chi connectivity index (χ3n) is 6.23. The summed E-state index contributed by atoms with van der Waals surface area (Å²) in [6, 6.07) is 16.7. The third kappa shape index (κ3) is 8.61. The Balaban J connectivity index is 2.09. The molecule has 0 saturated carbocycles. The molecule has 3 aromatic carbocycles. The van der Waals surface area contributed by atoms with Crippen LogP contribution in [0.2, 0.25) is 15.1 Å². The Kier molecular flexibility index (Phi) is 10.7.